The van der Waals surface area contributed by atoms with Crippen LogP contribution in [0.1, 0.15) is 29.9 Å². The summed E-state index contributed by atoms with van der Waals surface area (Å²) in [6.45, 7) is 0. The zero-order valence-electron chi connectivity index (χ0n) is 14.7. The van der Waals surface area contributed by atoms with E-state index in [1.54, 1.807) is 11.8 Å². The number of aliphatic carboxylic acids is 1. The van der Waals surface area contributed by atoms with Gasteiger partial charge in [0.2, 0.25) is 5.91 Å². The molecule has 0 saturated carbocycles. The maximum absolute atomic E-state index is 12.8. The van der Waals surface area contributed by atoms with Crippen LogP contribution >= 0.6 is 11.8 Å². The fourth-order valence-corrected chi connectivity index (χ4v) is 3.76. The average Bonchev–Trinajstić information content (AvgIpc) is 2.95. The maximum Gasteiger partial charge on any atom is 0.305 e. The van der Waals surface area contributed by atoms with E-state index in [1.807, 2.05) is 30.5 Å². The molecule has 1 aliphatic rings. The van der Waals surface area contributed by atoms with Crippen molar-refractivity contribution < 1.29 is 19.5 Å². The fourth-order valence-electron chi connectivity index (χ4n) is 3.27. The van der Waals surface area contributed by atoms with Crippen LogP contribution in [0.4, 0.5) is 0 Å². The van der Waals surface area contributed by atoms with E-state index in [-0.39, 0.29) is 11.7 Å². The molecule has 2 rings (SSSR count). The maximum atomic E-state index is 12.8. The Morgan fingerprint density at radius 2 is 1.96 bits per heavy atom. The van der Waals surface area contributed by atoms with E-state index in [2.05, 4.69) is 5.32 Å². The van der Waals surface area contributed by atoms with Crippen LogP contribution in [-0.4, -0.2) is 52.9 Å². The second kappa shape index (κ2) is 9.16. The van der Waals surface area contributed by atoms with E-state index in [0.29, 0.717) is 12.8 Å². The van der Waals surface area contributed by atoms with Crippen molar-refractivity contribution in [2.75, 3.05) is 12.0 Å². The lowest BCUT2D eigenvalue weighted by Crippen LogP contribution is -2.50. The monoisotopic (exact) mass is 379 g/mol. The van der Waals surface area contributed by atoms with E-state index in [4.69, 9.17) is 16.6 Å². The van der Waals surface area contributed by atoms with Gasteiger partial charge in [0.1, 0.15) is 0 Å². The van der Waals surface area contributed by atoms with Gasteiger partial charge in [-0.25, -0.2) is 0 Å². The molecule has 0 heterocycles. The number of Topliss-reactive ketones (excluding diaryl/α,β-unsaturated/α-hetero) is 1. The van der Waals surface area contributed by atoms with Crippen LogP contribution in [0, 0.1) is 0 Å². The van der Waals surface area contributed by atoms with Crippen molar-refractivity contribution in [2.24, 2.45) is 11.5 Å². The van der Waals surface area contributed by atoms with Crippen molar-refractivity contribution in [3.63, 3.8) is 0 Å². The van der Waals surface area contributed by atoms with Crippen molar-refractivity contribution in [1.29, 1.82) is 0 Å². The molecule has 0 fully saturated rings. The molecule has 1 aromatic carbocycles. The first-order valence-corrected chi connectivity index (χ1v) is 9.88. The lowest BCUT2D eigenvalue weighted by atomic mass is 9.88. The summed E-state index contributed by atoms with van der Waals surface area (Å²) >= 11 is 1.61. The third-order valence-electron chi connectivity index (χ3n) is 4.60. The van der Waals surface area contributed by atoms with Gasteiger partial charge in [-0.3, -0.25) is 14.4 Å². The van der Waals surface area contributed by atoms with Crippen LogP contribution in [0.25, 0.3) is 0 Å². The molecule has 8 heteroatoms. The number of nitrogens with two attached hydrogens (primary N) is 2. The minimum absolute atomic E-state index is 0.304. The lowest BCUT2D eigenvalue weighted by molar-refractivity contribution is -0.139. The summed E-state index contributed by atoms with van der Waals surface area (Å²) in [6.07, 6.45) is 2.54. The van der Waals surface area contributed by atoms with Crippen molar-refractivity contribution >= 4 is 29.4 Å². The highest BCUT2D eigenvalue weighted by atomic mass is 32.2. The van der Waals surface area contributed by atoms with Gasteiger partial charge in [-0.05, 0) is 36.0 Å². The third-order valence-corrected chi connectivity index (χ3v) is 5.24. The highest BCUT2D eigenvalue weighted by Gasteiger charge is 2.40. The number of amides is 1. The number of carboxylic acid groups (broad SMARTS) is 1. The van der Waals surface area contributed by atoms with E-state index in [0.717, 1.165) is 16.9 Å². The smallest absolute Gasteiger partial charge is 0.305 e. The number of thioether (sulfide) groups is 1. The van der Waals surface area contributed by atoms with Crippen LogP contribution < -0.4 is 16.8 Å². The zero-order chi connectivity index (χ0) is 19.3. The van der Waals surface area contributed by atoms with Crippen molar-refractivity contribution in [1.82, 2.24) is 5.32 Å². The van der Waals surface area contributed by atoms with Gasteiger partial charge >= 0.3 is 5.97 Å². The van der Waals surface area contributed by atoms with Gasteiger partial charge in [0.25, 0.3) is 0 Å². The molecule has 6 N–H and O–H groups in total. The number of hydrogen-bond acceptors (Lipinski definition) is 6. The third kappa shape index (κ3) is 4.84. The topological polar surface area (TPSA) is 136 Å². The Morgan fingerprint density at radius 1 is 1.27 bits per heavy atom. The standard InChI is InChI=1S/C18H25N3O4S/c1-26-7-6-12(19)18(25)21-14-8-10-4-2-3-5-11(10)16(14)17(24)13(20)9-15(22)23/h2-5,12-14,16H,6-9,19-20H2,1H3,(H,21,25)(H,22,23)/t12-,13-,14?,16?/m0/s1. The predicted molar refractivity (Wildman–Crippen MR) is 101 cm³/mol. The molecule has 26 heavy (non-hydrogen) atoms. The van der Waals surface area contributed by atoms with Crippen LogP contribution in [0.2, 0.25) is 0 Å². The highest BCUT2D eigenvalue weighted by Crippen LogP contribution is 2.35. The number of carboxylic acids is 1. The normalized spacial score (nSPS) is 20.9. The molecule has 0 aliphatic heterocycles. The molecule has 0 spiro atoms. The van der Waals surface area contributed by atoms with E-state index in [9.17, 15) is 14.4 Å². The quantitative estimate of drug-likeness (QED) is 0.483. The summed E-state index contributed by atoms with van der Waals surface area (Å²) < 4.78 is 0. The molecule has 0 bridgehead atoms. The van der Waals surface area contributed by atoms with Crippen LogP contribution in [0.3, 0.4) is 0 Å². The zero-order valence-corrected chi connectivity index (χ0v) is 15.5. The highest BCUT2D eigenvalue weighted by molar-refractivity contribution is 7.98. The van der Waals surface area contributed by atoms with Crippen molar-refractivity contribution in [3.05, 3.63) is 35.4 Å². The number of hydrogen-bond donors (Lipinski definition) is 4. The van der Waals surface area contributed by atoms with E-state index >= 15 is 0 Å². The Bertz CT molecular complexity index is 682. The second-order valence-corrected chi connectivity index (χ2v) is 7.48. The number of nitrogens with one attached hydrogen (secondary N) is 1. The van der Waals surface area contributed by atoms with Crippen LogP contribution in [0.5, 0.6) is 0 Å². The summed E-state index contributed by atoms with van der Waals surface area (Å²) in [4.78, 5) is 36.1. The van der Waals surface area contributed by atoms with Crippen LogP contribution in [-0.2, 0) is 20.8 Å². The molecule has 4 atom stereocenters. The molecule has 0 radical (unpaired) electrons. The van der Waals surface area contributed by atoms with E-state index in [1.165, 1.54) is 0 Å². The molecule has 0 saturated heterocycles. The molecule has 7 nitrogen and oxygen atoms in total. The number of ketones is 1. The summed E-state index contributed by atoms with van der Waals surface area (Å²) in [5.41, 5.74) is 13.5. The van der Waals surface area contributed by atoms with Gasteiger partial charge in [-0.15, -0.1) is 0 Å². The number of carbonyl (C=O) groups is 3. The number of benzene rings is 1. The predicted octanol–water partition coefficient (Wildman–Crippen LogP) is 0.263. The first-order valence-electron chi connectivity index (χ1n) is 8.49. The molecule has 2 unspecified atom stereocenters. The first-order chi connectivity index (χ1) is 12.3. The summed E-state index contributed by atoms with van der Waals surface area (Å²) in [5, 5.41) is 11.8. The summed E-state index contributed by atoms with van der Waals surface area (Å²) in [6, 6.07) is 5.18. The Hall–Kier alpha value is -1.90. The van der Waals surface area contributed by atoms with Gasteiger partial charge in [0.05, 0.1) is 24.4 Å². The largest absolute Gasteiger partial charge is 0.481 e. The molecule has 1 aromatic rings. The van der Waals surface area contributed by atoms with Gasteiger partial charge in [0, 0.05) is 6.04 Å². The molecule has 1 amide bonds. The molecular formula is C18H25N3O4S. The lowest BCUT2D eigenvalue weighted by Gasteiger charge is -2.24. The Labute approximate surface area is 156 Å². The van der Waals surface area contributed by atoms with Gasteiger partial charge in [-0.2, -0.15) is 11.8 Å². The van der Waals surface area contributed by atoms with Crippen molar-refractivity contribution in [2.45, 2.75) is 43.3 Å². The molecular weight excluding hydrogens is 354 g/mol. The van der Waals surface area contributed by atoms with Gasteiger partial charge in [-0.1, -0.05) is 24.3 Å². The minimum Gasteiger partial charge on any atom is -0.481 e. The first kappa shape index (κ1) is 20.4. The Morgan fingerprint density at radius 3 is 2.62 bits per heavy atom. The average molecular weight is 379 g/mol. The summed E-state index contributed by atoms with van der Waals surface area (Å²) in [5.74, 6) is -1.69. The second-order valence-electron chi connectivity index (χ2n) is 6.49. The summed E-state index contributed by atoms with van der Waals surface area (Å²) in [7, 11) is 0. The number of rotatable bonds is 9. The molecule has 1 aliphatic carbocycles. The SMILES string of the molecule is CSCC[C@H](N)C(=O)NC1Cc2ccccc2C1C(=O)[C@@H](N)CC(=O)O. The minimum atomic E-state index is -1.13. The number of carbonyl (C=O) groups excluding carboxylic acids is 2. The van der Waals surface area contributed by atoms with E-state index < -0.39 is 36.4 Å². The fraction of sp³-hybridized carbons (Fsp3) is 0.500. The van der Waals surface area contributed by atoms with Crippen molar-refractivity contribution in [3.8, 4) is 0 Å². The van der Waals surface area contributed by atoms with Gasteiger partial charge in [0.15, 0.2) is 5.78 Å². The molecule has 142 valence electrons. The molecule has 0 aromatic heterocycles. The Kier molecular flexibility index (Phi) is 7.19. The van der Waals surface area contributed by atoms with Crippen LogP contribution in [0.15, 0.2) is 24.3 Å². The number of fused-ring (bicyclic) bond motifs is 1. The Balaban J connectivity index is 2.18. The van der Waals surface area contributed by atoms with Gasteiger partial charge < -0.3 is 21.9 Å².